The van der Waals surface area contributed by atoms with Gasteiger partial charge in [-0.2, -0.15) is 22.0 Å². The molecule has 1 saturated heterocycles. The highest BCUT2D eigenvalue weighted by molar-refractivity contribution is 5.04. The van der Waals surface area contributed by atoms with E-state index in [2.05, 4.69) is 4.74 Å². The fraction of sp³-hybridized carbons (Fsp3) is 1.00. The minimum atomic E-state index is -5.59. The van der Waals surface area contributed by atoms with Gasteiger partial charge in [0, 0.05) is 0 Å². The zero-order valence-electron chi connectivity index (χ0n) is 6.09. The lowest BCUT2D eigenvalue weighted by Gasteiger charge is -2.23. The van der Waals surface area contributed by atoms with E-state index in [0.29, 0.717) is 0 Å². The number of hydrogen-bond acceptors (Lipinski definition) is 1. The Hall–Kier alpha value is -0.600. The topological polar surface area (TPSA) is 9.23 Å². The SMILES string of the molecule is FC1C(F)(F)OC(F)(C(F)F)C1(F)F. The molecule has 2 atom stereocenters. The number of ether oxygens (including phenoxy) is 1. The summed E-state index contributed by atoms with van der Waals surface area (Å²) in [5, 5.41) is 0. The van der Waals surface area contributed by atoms with Crippen LogP contribution in [0.5, 0.6) is 0 Å². The van der Waals surface area contributed by atoms with Crippen LogP contribution in [-0.2, 0) is 4.74 Å². The van der Waals surface area contributed by atoms with Crippen LogP contribution in [0.3, 0.4) is 0 Å². The first-order valence-corrected chi connectivity index (χ1v) is 3.12. The lowest BCUT2D eigenvalue weighted by Crippen LogP contribution is -2.50. The third-order valence-corrected chi connectivity index (χ3v) is 1.63. The van der Waals surface area contributed by atoms with Gasteiger partial charge in [0.2, 0.25) is 0 Å². The van der Waals surface area contributed by atoms with Crippen molar-refractivity contribution < 1.29 is 39.9 Å². The van der Waals surface area contributed by atoms with Gasteiger partial charge in [-0.1, -0.05) is 0 Å². The summed E-state index contributed by atoms with van der Waals surface area (Å²) in [7, 11) is 0. The highest BCUT2D eigenvalue weighted by atomic mass is 19.3. The van der Waals surface area contributed by atoms with E-state index in [9.17, 15) is 35.1 Å². The molecule has 0 aromatic heterocycles. The first-order chi connectivity index (χ1) is 6.06. The van der Waals surface area contributed by atoms with Gasteiger partial charge in [0.05, 0.1) is 0 Å². The quantitative estimate of drug-likeness (QED) is 0.629. The Labute approximate surface area is 71.6 Å². The summed E-state index contributed by atoms with van der Waals surface area (Å²) in [5.41, 5.74) is 0. The molecule has 1 heterocycles. The second-order valence-corrected chi connectivity index (χ2v) is 2.60. The minimum Gasteiger partial charge on any atom is -0.270 e. The molecule has 1 fully saturated rings. The molecular weight excluding hydrogens is 228 g/mol. The summed E-state index contributed by atoms with van der Waals surface area (Å²) in [4.78, 5) is 0. The number of rotatable bonds is 1. The molecular formula is C5H2F8O. The van der Waals surface area contributed by atoms with Crippen molar-refractivity contribution in [1.82, 2.24) is 0 Å². The van der Waals surface area contributed by atoms with Crippen LogP contribution in [0.1, 0.15) is 0 Å². The first kappa shape index (κ1) is 11.5. The van der Waals surface area contributed by atoms with Gasteiger partial charge in [-0.3, -0.25) is 4.74 Å². The van der Waals surface area contributed by atoms with E-state index >= 15 is 0 Å². The standard InChI is InChI=1S/C5H2F8O/c6-1-3(9,10)4(11,2(7)8)14-5(1,12)13/h1-2H. The molecule has 14 heavy (non-hydrogen) atoms. The molecule has 0 spiro atoms. The van der Waals surface area contributed by atoms with Gasteiger partial charge in [-0.25, -0.2) is 13.2 Å². The van der Waals surface area contributed by atoms with Crippen LogP contribution in [0, 0.1) is 0 Å². The normalized spacial score (nSPS) is 40.5. The zero-order valence-corrected chi connectivity index (χ0v) is 6.09. The summed E-state index contributed by atoms with van der Waals surface area (Å²) in [6.45, 7) is 0. The third-order valence-electron chi connectivity index (χ3n) is 1.63. The molecule has 0 aromatic carbocycles. The second kappa shape index (κ2) is 2.71. The van der Waals surface area contributed by atoms with Crippen molar-refractivity contribution in [3.8, 4) is 0 Å². The minimum absolute atomic E-state index is 2.45. The lowest BCUT2D eigenvalue weighted by molar-refractivity contribution is -0.342. The lowest BCUT2D eigenvalue weighted by atomic mass is 10.1. The van der Waals surface area contributed by atoms with E-state index in [1.54, 1.807) is 0 Å². The van der Waals surface area contributed by atoms with Gasteiger partial charge >= 0.3 is 24.3 Å². The summed E-state index contributed by atoms with van der Waals surface area (Å²) in [5.74, 6) is -10.9. The smallest absolute Gasteiger partial charge is 0.270 e. The summed E-state index contributed by atoms with van der Waals surface area (Å²) in [6, 6.07) is 0. The maximum absolute atomic E-state index is 12.5. The van der Waals surface area contributed by atoms with E-state index in [1.165, 1.54) is 0 Å². The van der Waals surface area contributed by atoms with Crippen molar-refractivity contribution in [1.29, 1.82) is 0 Å². The van der Waals surface area contributed by atoms with Crippen molar-refractivity contribution in [3.63, 3.8) is 0 Å². The Bertz CT molecular complexity index is 240. The fourth-order valence-corrected chi connectivity index (χ4v) is 0.892. The molecule has 84 valence electrons. The molecule has 1 aliphatic rings. The number of halogens is 8. The van der Waals surface area contributed by atoms with Crippen LogP contribution < -0.4 is 0 Å². The Morgan fingerprint density at radius 1 is 1.00 bits per heavy atom. The average Bonchev–Trinajstić information content (AvgIpc) is 2.11. The van der Waals surface area contributed by atoms with Gasteiger partial charge in [-0.05, 0) is 0 Å². The van der Waals surface area contributed by atoms with Gasteiger partial charge < -0.3 is 0 Å². The molecule has 0 radical (unpaired) electrons. The molecule has 0 bridgehead atoms. The maximum atomic E-state index is 12.5. The molecule has 0 saturated carbocycles. The summed E-state index contributed by atoms with van der Waals surface area (Å²) in [6.07, 6.45) is -14.3. The highest BCUT2D eigenvalue weighted by Gasteiger charge is 2.82. The predicted octanol–water partition coefficient (Wildman–Crippen LogP) is 2.51. The van der Waals surface area contributed by atoms with Crippen molar-refractivity contribution >= 4 is 0 Å². The van der Waals surface area contributed by atoms with Gasteiger partial charge in [-0.15, -0.1) is 0 Å². The number of hydrogen-bond donors (Lipinski definition) is 0. The Morgan fingerprint density at radius 3 is 1.57 bits per heavy atom. The zero-order chi connectivity index (χ0) is 11.4. The van der Waals surface area contributed by atoms with Crippen LogP contribution in [0.25, 0.3) is 0 Å². The molecule has 9 heteroatoms. The molecule has 0 amide bonds. The van der Waals surface area contributed by atoms with Crippen LogP contribution in [-0.4, -0.2) is 30.5 Å². The van der Waals surface area contributed by atoms with E-state index in [-0.39, 0.29) is 0 Å². The maximum Gasteiger partial charge on any atom is 0.396 e. The highest BCUT2D eigenvalue weighted by Crippen LogP contribution is 2.55. The largest absolute Gasteiger partial charge is 0.396 e. The molecule has 0 aromatic rings. The summed E-state index contributed by atoms with van der Waals surface area (Å²) >= 11 is 0. The molecule has 0 N–H and O–H groups in total. The van der Waals surface area contributed by atoms with Crippen LogP contribution >= 0.6 is 0 Å². The molecule has 0 aliphatic carbocycles. The molecule has 1 nitrogen and oxygen atoms in total. The van der Waals surface area contributed by atoms with Gasteiger partial charge in [0.25, 0.3) is 6.17 Å². The Kier molecular flexibility index (Phi) is 2.22. The third kappa shape index (κ3) is 1.17. The van der Waals surface area contributed by atoms with Crippen LogP contribution in [0.4, 0.5) is 35.1 Å². The van der Waals surface area contributed by atoms with Gasteiger partial charge in [0.1, 0.15) is 0 Å². The molecule has 1 aliphatic heterocycles. The second-order valence-electron chi connectivity index (χ2n) is 2.60. The van der Waals surface area contributed by atoms with Crippen molar-refractivity contribution in [3.05, 3.63) is 0 Å². The average molecular weight is 230 g/mol. The van der Waals surface area contributed by atoms with Crippen molar-refractivity contribution in [2.75, 3.05) is 0 Å². The molecule has 2 unspecified atom stereocenters. The summed E-state index contributed by atoms with van der Waals surface area (Å²) < 4.78 is 99.1. The van der Waals surface area contributed by atoms with E-state index < -0.39 is 30.5 Å². The fourth-order valence-electron chi connectivity index (χ4n) is 0.892. The van der Waals surface area contributed by atoms with Crippen LogP contribution in [0.15, 0.2) is 0 Å². The van der Waals surface area contributed by atoms with Gasteiger partial charge in [0.15, 0.2) is 0 Å². The monoisotopic (exact) mass is 230 g/mol. The Morgan fingerprint density at radius 2 is 1.43 bits per heavy atom. The van der Waals surface area contributed by atoms with E-state index in [4.69, 9.17) is 0 Å². The molecule has 1 rings (SSSR count). The number of alkyl halides is 8. The van der Waals surface area contributed by atoms with Crippen molar-refractivity contribution in [2.45, 2.75) is 30.5 Å². The van der Waals surface area contributed by atoms with Crippen molar-refractivity contribution in [2.24, 2.45) is 0 Å². The first-order valence-electron chi connectivity index (χ1n) is 3.12. The Balaban J connectivity index is 3.14. The predicted molar refractivity (Wildman–Crippen MR) is 25.7 cm³/mol. The van der Waals surface area contributed by atoms with E-state index in [1.807, 2.05) is 0 Å². The van der Waals surface area contributed by atoms with Crippen LogP contribution in [0.2, 0.25) is 0 Å². The van der Waals surface area contributed by atoms with E-state index in [0.717, 1.165) is 0 Å².